The van der Waals surface area contributed by atoms with Gasteiger partial charge in [0, 0.05) is 18.0 Å². The van der Waals surface area contributed by atoms with Crippen molar-refractivity contribution in [3.05, 3.63) is 54.1 Å². The monoisotopic (exact) mass is 241 g/mol. The first-order chi connectivity index (χ1) is 7.98. The van der Waals surface area contributed by atoms with Crippen LogP contribution in [0.4, 0.5) is 17.6 Å². The lowest BCUT2D eigenvalue weighted by Gasteiger charge is -2.12. The number of benzene rings is 1. The molecular formula is C12H7F4N. The van der Waals surface area contributed by atoms with Crippen molar-refractivity contribution >= 4 is 0 Å². The van der Waals surface area contributed by atoms with E-state index in [1.165, 1.54) is 24.5 Å². The van der Waals surface area contributed by atoms with Crippen LogP contribution in [0.3, 0.4) is 0 Å². The molecule has 1 aromatic carbocycles. The molecule has 88 valence electrons. The zero-order chi connectivity index (χ0) is 12.5. The van der Waals surface area contributed by atoms with Crippen molar-refractivity contribution in [2.45, 2.75) is 6.18 Å². The minimum Gasteiger partial charge on any atom is -0.264 e. The van der Waals surface area contributed by atoms with E-state index in [0.29, 0.717) is 11.6 Å². The molecule has 2 rings (SSSR count). The van der Waals surface area contributed by atoms with Gasteiger partial charge in [-0.05, 0) is 23.8 Å². The van der Waals surface area contributed by atoms with Gasteiger partial charge in [-0.15, -0.1) is 0 Å². The van der Waals surface area contributed by atoms with Crippen LogP contribution in [0.2, 0.25) is 0 Å². The number of halogens is 4. The summed E-state index contributed by atoms with van der Waals surface area (Å²) in [6.45, 7) is 0. The molecule has 0 aliphatic rings. The van der Waals surface area contributed by atoms with Gasteiger partial charge in [0.15, 0.2) is 0 Å². The first kappa shape index (κ1) is 11.6. The fraction of sp³-hybridized carbons (Fsp3) is 0.0833. The van der Waals surface area contributed by atoms with E-state index in [9.17, 15) is 17.6 Å². The van der Waals surface area contributed by atoms with Gasteiger partial charge in [-0.1, -0.05) is 12.1 Å². The smallest absolute Gasteiger partial charge is 0.264 e. The topological polar surface area (TPSA) is 12.9 Å². The molecule has 17 heavy (non-hydrogen) atoms. The van der Waals surface area contributed by atoms with Crippen LogP contribution in [0, 0.1) is 5.82 Å². The van der Waals surface area contributed by atoms with Gasteiger partial charge in [-0.3, -0.25) is 4.98 Å². The maximum absolute atomic E-state index is 12.9. The average molecular weight is 241 g/mol. The van der Waals surface area contributed by atoms with Crippen LogP contribution in [-0.2, 0) is 6.18 Å². The minimum atomic E-state index is -4.59. The molecule has 2 aromatic rings. The summed E-state index contributed by atoms with van der Waals surface area (Å²) in [6, 6.07) is 5.61. The summed E-state index contributed by atoms with van der Waals surface area (Å²) < 4.78 is 51.1. The van der Waals surface area contributed by atoms with Crippen LogP contribution in [0.1, 0.15) is 5.56 Å². The molecule has 0 aliphatic carbocycles. The molecule has 1 aromatic heterocycles. The second-order valence-electron chi connectivity index (χ2n) is 3.43. The fourth-order valence-corrected chi connectivity index (χ4v) is 1.52. The molecule has 1 heterocycles. The molecule has 0 spiro atoms. The van der Waals surface area contributed by atoms with Gasteiger partial charge in [-0.2, -0.15) is 13.2 Å². The predicted octanol–water partition coefficient (Wildman–Crippen LogP) is 3.91. The van der Waals surface area contributed by atoms with Gasteiger partial charge in [-0.25, -0.2) is 4.39 Å². The summed E-state index contributed by atoms with van der Waals surface area (Å²) in [4.78, 5) is 3.75. The molecule has 0 N–H and O–H groups in total. The number of hydrogen-bond donors (Lipinski definition) is 0. The Balaban J connectivity index is 2.63. The Labute approximate surface area is 94.7 Å². The lowest BCUT2D eigenvalue weighted by Crippen LogP contribution is -2.07. The lowest BCUT2D eigenvalue weighted by molar-refractivity contribution is -0.137. The number of rotatable bonds is 1. The molecule has 0 amide bonds. The second-order valence-corrected chi connectivity index (χ2v) is 3.43. The van der Waals surface area contributed by atoms with Gasteiger partial charge >= 0.3 is 6.18 Å². The van der Waals surface area contributed by atoms with Crippen LogP contribution in [0.15, 0.2) is 42.7 Å². The second kappa shape index (κ2) is 4.16. The Hall–Kier alpha value is -1.91. The van der Waals surface area contributed by atoms with Crippen LogP contribution >= 0.6 is 0 Å². The minimum absolute atomic E-state index is 0.0769. The largest absolute Gasteiger partial charge is 0.417 e. The van der Waals surface area contributed by atoms with Crippen molar-refractivity contribution in [1.29, 1.82) is 0 Å². The van der Waals surface area contributed by atoms with Crippen molar-refractivity contribution in [2.24, 2.45) is 0 Å². The normalized spacial score (nSPS) is 11.5. The molecule has 0 saturated carbocycles. The van der Waals surface area contributed by atoms with E-state index in [2.05, 4.69) is 4.98 Å². The van der Waals surface area contributed by atoms with Gasteiger partial charge in [0.2, 0.25) is 0 Å². The van der Waals surface area contributed by atoms with Gasteiger partial charge < -0.3 is 0 Å². The Bertz CT molecular complexity index is 520. The van der Waals surface area contributed by atoms with Crippen LogP contribution < -0.4 is 0 Å². The van der Waals surface area contributed by atoms with E-state index in [1.54, 1.807) is 0 Å². The fourth-order valence-electron chi connectivity index (χ4n) is 1.52. The molecular weight excluding hydrogens is 234 g/mol. The Morgan fingerprint density at radius 2 is 1.82 bits per heavy atom. The molecule has 0 saturated heterocycles. The summed E-state index contributed by atoms with van der Waals surface area (Å²) in [5.74, 6) is -0.912. The van der Waals surface area contributed by atoms with E-state index in [4.69, 9.17) is 0 Å². The highest BCUT2D eigenvalue weighted by Gasteiger charge is 2.34. The molecule has 5 heteroatoms. The van der Waals surface area contributed by atoms with E-state index in [0.717, 1.165) is 12.1 Å². The van der Waals surface area contributed by atoms with Crippen molar-refractivity contribution in [3.8, 4) is 11.1 Å². The quantitative estimate of drug-likeness (QED) is 0.690. The van der Waals surface area contributed by atoms with Crippen molar-refractivity contribution < 1.29 is 17.6 Å². The first-order valence-electron chi connectivity index (χ1n) is 4.75. The number of nitrogens with zero attached hydrogens (tertiary/aromatic N) is 1. The van der Waals surface area contributed by atoms with Crippen LogP contribution in [0.25, 0.3) is 11.1 Å². The molecule has 0 fully saturated rings. The maximum Gasteiger partial charge on any atom is 0.417 e. The zero-order valence-corrected chi connectivity index (χ0v) is 8.50. The summed E-state index contributed by atoms with van der Waals surface area (Å²) >= 11 is 0. The Morgan fingerprint density at radius 3 is 2.41 bits per heavy atom. The third-order valence-corrected chi connectivity index (χ3v) is 2.26. The SMILES string of the molecule is Fc1ccc(-c2cccnc2)c(C(F)(F)F)c1. The highest BCUT2D eigenvalue weighted by molar-refractivity contribution is 5.67. The van der Waals surface area contributed by atoms with Crippen LogP contribution in [0.5, 0.6) is 0 Å². The van der Waals surface area contributed by atoms with E-state index >= 15 is 0 Å². The molecule has 0 unspecified atom stereocenters. The highest BCUT2D eigenvalue weighted by atomic mass is 19.4. The summed E-state index contributed by atoms with van der Waals surface area (Å²) in [7, 11) is 0. The lowest BCUT2D eigenvalue weighted by atomic mass is 10.0. The molecule has 0 aliphatic heterocycles. The van der Waals surface area contributed by atoms with E-state index in [1.807, 2.05) is 0 Å². The first-order valence-corrected chi connectivity index (χ1v) is 4.75. The van der Waals surface area contributed by atoms with Gasteiger partial charge in [0.05, 0.1) is 5.56 Å². The number of aromatic nitrogens is 1. The van der Waals surface area contributed by atoms with E-state index < -0.39 is 17.6 Å². The number of hydrogen-bond acceptors (Lipinski definition) is 1. The van der Waals surface area contributed by atoms with Crippen molar-refractivity contribution in [3.63, 3.8) is 0 Å². The molecule has 0 atom stereocenters. The van der Waals surface area contributed by atoms with Crippen molar-refractivity contribution in [2.75, 3.05) is 0 Å². The zero-order valence-electron chi connectivity index (χ0n) is 8.50. The summed E-state index contributed by atoms with van der Waals surface area (Å²) in [6.07, 6.45) is -1.82. The Morgan fingerprint density at radius 1 is 1.06 bits per heavy atom. The summed E-state index contributed by atoms with van der Waals surface area (Å²) in [5.41, 5.74) is -0.766. The molecule has 0 bridgehead atoms. The van der Waals surface area contributed by atoms with Crippen molar-refractivity contribution in [1.82, 2.24) is 4.98 Å². The maximum atomic E-state index is 12.9. The van der Waals surface area contributed by atoms with Crippen LogP contribution in [-0.4, -0.2) is 4.98 Å². The third kappa shape index (κ3) is 2.43. The average Bonchev–Trinajstić information content (AvgIpc) is 2.29. The van der Waals surface area contributed by atoms with Gasteiger partial charge in [0.1, 0.15) is 5.82 Å². The molecule has 0 radical (unpaired) electrons. The molecule has 1 nitrogen and oxygen atoms in total. The summed E-state index contributed by atoms with van der Waals surface area (Å²) in [5, 5.41) is 0. The van der Waals surface area contributed by atoms with Gasteiger partial charge in [0.25, 0.3) is 0 Å². The number of pyridine rings is 1. The Kier molecular flexibility index (Phi) is 2.83. The van der Waals surface area contributed by atoms with E-state index in [-0.39, 0.29) is 5.56 Å². The third-order valence-electron chi connectivity index (χ3n) is 2.26. The number of alkyl halides is 3. The predicted molar refractivity (Wildman–Crippen MR) is 54.6 cm³/mol. The standard InChI is InChI=1S/C12H7F4N/c13-9-3-4-10(8-2-1-5-17-7-8)11(6-9)12(14,15)16/h1-7H. The highest BCUT2D eigenvalue weighted by Crippen LogP contribution is 2.37.